The second-order valence-electron chi connectivity index (χ2n) is 5.45. The van der Waals surface area contributed by atoms with Crippen LogP contribution in [0.1, 0.15) is 11.6 Å². The average molecular weight is 323 g/mol. The lowest BCUT2D eigenvalue weighted by Gasteiger charge is -2.20. The standard InChI is InChI=1S/C15H15ClN2O4/c1-18-13(19)9-10(14(18)20)12(15(21)22-2)17-11(9)7-5-3-4-6-8(7)16/h3-6,9-12,17H,1-2H3/t9-,10+,11-,12-/m0/s1. The Morgan fingerprint density at radius 3 is 2.50 bits per heavy atom. The van der Waals surface area contributed by atoms with E-state index < -0.39 is 29.9 Å². The number of fused-ring (bicyclic) bond motifs is 1. The van der Waals surface area contributed by atoms with E-state index in [0.717, 1.165) is 4.90 Å². The largest absolute Gasteiger partial charge is 0.468 e. The Bertz CT molecular complexity index is 663. The van der Waals surface area contributed by atoms with Gasteiger partial charge in [0.1, 0.15) is 6.04 Å². The number of nitrogens with one attached hydrogen (secondary N) is 1. The molecular formula is C15H15ClN2O4. The van der Waals surface area contributed by atoms with E-state index in [9.17, 15) is 14.4 Å². The predicted octanol–water partition coefficient (Wildman–Crippen LogP) is 0.757. The van der Waals surface area contributed by atoms with Crippen LogP contribution >= 0.6 is 11.6 Å². The fourth-order valence-electron chi connectivity index (χ4n) is 3.32. The van der Waals surface area contributed by atoms with Crippen molar-refractivity contribution in [1.82, 2.24) is 10.2 Å². The predicted molar refractivity (Wildman–Crippen MR) is 77.9 cm³/mol. The number of carbonyl (C=O) groups excluding carboxylic acids is 3. The molecule has 7 heteroatoms. The van der Waals surface area contributed by atoms with Gasteiger partial charge in [-0.1, -0.05) is 29.8 Å². The van der Waals surface area contributed by atoms with Gasteiger partial charge < -0.3 is 4.74 Å². The lowest BCUT2D eigenvalue weighted by atomic mass is 9.86. The molecule has 0 aromatic heterocycles. The number of benzene rings is 1. The number of carbonyl (C=O) groups is 3. The van der Waals surface area contributed by atoms with Crippen molar-refractivity contribution in [1.29, 1.82) is 0 Å². The average Bonchev–Trinajstić information content (AvgIpc) is 3.01. The highest BCUT2D eigenvalue weighted by molar-refractivity contribution is 6.31. The quantitative estimate of drug-likeness (QED) is 0.642. The van der Waals surface area contributed by atoms with Crippen molar-refractivity contribution in [2.45, 2.75) is 12.1 Å². The Morgan fingerprint density at radius 1 is 1.23 bits per heavy atom. The Kier molecular flexibility index (Phi) is 3.66. The van der Waals surface area contributed by atoms with E-state index in [2.05, 4.69) is 5.32 Å². The second-order valence-corrected chi connectivity index (χ2v) is 5.86. The smallest absolute Gasteiger partial charge is 0.323 e. The van der Waals surface area contributed by atoms with Crippen molar-refractivity contribution in [2.75, 3.05) is 14.2 Å². The molecule has 1 aromatic carbocycles. The Balaban J connectivity index is 2.06. The van der Waals surface area contributed by atoms with Gasteiger partial charge in [0.05, 0.1) is 18.9 Å². The lowest BCUT2D eigenvalue weighted by molar-refractivity contribution is -0.147. The number of rotatable bonds is 2. The number of hydrogen-bond donors (Lipinski definition) is 1. The molecule has 3 rings (SSSR count). The van der Waals surface area contributed by atoms with Crippen LogP contribution in [0, 0.1) is 11.8 Å². The van der Waals surface area contributed by atoms with Crippen molar-refractivity contribution in [3.63, 3.8) is 0 Å². The Morgan fingerprint density at radius 2 is 1.86 bits per heavy atom. The molecule has 0 bridgehead atoms. The molecule has 0 aliphatic carbocycles. The van der Waals surface area contributed by atoms with Gasteiger partial charge >= 0.3 is 5.97 Å². The van der Waals surface area contributed by atoms with Gasteiger partial charge in [-0.15, -0.1) is 0 Å². The van der Waals surface area contributed by atoms with E-state index in [-0.39, 0.29) is 11.8 Å². The van der Waals surface area contributed by atoms with Crippen LogP contribution in [0.3, 0.4) is 0 Å². The fraction of sp³-hybridized carbons (Fsp3) is 0.400. The molecule has 4 atom stereocenters. The Hall–Kier alpha value is -1.92. The molecule has 2 saturated heterocycles. The molecule has 2 aliphatic heterocycles. The first-order valence-corrected chi connectivity index (χ1v) is 7.25. The minimum atomic E-state index is -0.849. The van der Waals surface area contributed by atoms with Crippen molar-refractivity contribution < 1.29 is 19.1 Å². The number of esters is 1. The maximum atomic E-state index is 12.4. The molecule has 0 spiro atoms. The molecule has 2 fully saturated rings. The van der Waals surface area contributed by atoms with Gasteiger partial charge in [0, 0.05) is 18.1 Å². The highest BCUT2D eigenvalue weighted by atomic mass is 35.5. The van der Waals surface area contributed by atoms with Gasteiger partial charge in [-0.25, -0.2) is 0 Å². The summed E-state index contributed by atoms with van der Waals surface area (Å²) in [5, 5.41) is 3.54. The van der Waals surface area contributed by atoms with Gasteiger partial charge in [0.15, 0.2) is 0 Å². The number of nitrogens with zero attached hydrogens (tertiary/aromatic N) is 1. The van der Waals surface area contributed by atoms with Crippen molar-refractivity contribution in [3.8, 4) is 0 Å². The van der Waals surface area contributed by atoms with E-state index >= 15 is 0 Å². The van der Waals surface area contributed by atoms with E-state index in [0.29, 0.717) is 10.6 Å². The molecule has 1 N–H and O–H groups in total. The van der Waals surface area contributed by atoms with Gasteiger partial charge in [-0.05, 0) is 11.6 Å². The minimum Gasteiger partial charge on any atom is -0.468 e. The summed E-state index contributed by atoms with van der Waals surface area (Å²) in [6.07, 6.45) is 0. The number of likely N-dealkylation sites (tertiary alicyclic amines) is 1. The summed E-state index contributed by atoms with van der Waals surface area (Å²) in [7, 11) is 2.69. The highest BCUT2D eigenvalue weighted by Gasteiger charge is 2.60. The zero-order chi connectivity index (χ0) is 16.0. The number of ether oxygens (including phenoxy) is 1. The number of imide groups is 1. The van der Waals surface area contributed by atoms with Crippen molar-refractivity contribution in [2.24, 2.45) is 11.8 Å². The summed E-state index contributed by atoms with van der Waals surface area (Å²) in [5.74, 6) is -2.64. The summed E-state index contributed by atoms with van der Waals surface area (Å²) >= 11 is 6.21. The third kappa shape index (κ3) is 2.02. The van der Waals surface area contributed by atoms with Gasteiger partial charge in [-0.2, -0.15) is 0 Å². The maximum absolute atomic E-state index is 12.4. The molecule has 2 heterocycles. The van der Waals surface area contributed by atoms with E-state index in [1.165, 1.54) is 14.2 Å². The van der Waals surface area contributed by atoms with E-state index in [1.807, 2.05) is 0 Å². The molecule has 0 radical (unpaired) electrons. The first-order valence-electron chi connectivity index (χ1n) is 6.87. The number of amides is 2. The van der Waals surface area contributed by atoms with Gasteiger partial charge in [-0.3, -0.25) is 24.6 Å². The summed E-state index contributed by atoms with van der Waals surface area (Å²) in [4.78, 5) is 37.8. The highest BCUT2D eigenvalue weighted by Crippen LogP contribution is 2.45. The number of methoxy groups -OCH3 is 1. The van der Waals surface area contributed by atoms with Crippen LogP contribution in [-0.4, -0.2) is 42.9 Å². The minimum absolute atomic E-state index is 0.307. The van der Waals surface area contributed by atoms with Gasteiger partial charge in [0.2, 0.25) is 11.8 Å². The van der Waals surface area contributed by atoms with Crippen LogP contribution < -0.4 is 5.32 Å². The summed E-state index contributed by atoms with van der Waals surface area (Å²) in [5.41, 5.74) is 0.696. The van der Waals surface area contributed by atoms with Crippen LogP contribution in [0.4, 0.5) is 0 Å². The SMILES string of the molecule is COC(=O)[C@H]1N[C@@H](c2ccccc2Cl)[C@H]2C(=O)N(C)C(=O)[C@H]21. The zero-order valence-electron chi connectivity index (χ0n) is 12.1. The van der Waals surface area contributed by atoms with E-state index in [1.54, 1.807) is 24.3 Å². The molecule has 0 saturated carbocycles. The maximum Gasteiger partial charge on any atom is 0.323 e. The summed E-state index contributed by atoms with van der Waals surface area (Å²) < 4.78 is 4.76. The van der Waals surface area contributed by atoms with Crippen LogP contribution in [0.5, 0.6) is 0 Å². The van der Waals surface area contributed by atoms with Crippen LogP contribution in [0.25, 0.3) is 0 Å². The van der Waals surface area contributed by atoms with Crippen LogP contribution in [0.2, 0.25) is 5.02 Å². The number of halogens is 1. The monoisotopic (exact) mass is 322 g/mol. The summed E-state index contributed by atoms with van der Waals surface area (Å²) in [6, 6.07) is 5.73. The topological polar surface area (TPSA) is 75.7 Å². The first kappa shape index (κ1) is 15.0. The van der Waals surface area contributed by atoms with E-state index in [4.69, 9.17) is 16.3 Å². The van der Waals surface area contributed by atoms with Crippen molar-refractivity contribution in [3.05, 3.63) is 34.9 Å². The Labute approximate surface area is 132 Å². The molecule has 22 heavy (non-hydrogen) atoms. The van der Waals surface area contributed by atoms with Crippen LogP contribution in [-0.2, 0) is 19.1 Å². The molecule has 116 valence electrons. The lowest BCUT2D eigenvalue weighted by Crippen LogP contribution is -2.42. The van der Waals surface area contributed by atoms with Crippen LogP contribution in [0.15, 0.2) is 24.3 Å². The molecule has 1 aromatic rings. The third-order valence-corrected chi connectivity index (χ3v) is 4.74. The molecular weight excluding hydrogens is 308 g/mol. The third-order valence-electron chi connectivity index (χ3n) is 4.39. The molecule has 2 amide bonds. The summed E-state index contributed by atoms with van der Waals surface area (Å²) in [6.45, 7) is 0. The van der Waals surface area contributed by atoms with Gasteiger partial charge in [0.25, 0.3) is 0 Å². The second kappa shape index (κ2) is 5.37. The fourth-order valence-corrected chi connectivity index (χ4v) is 3.57. The zero-order valence-corrected chi connectivity index (χ0v) is 12.8. The van der Waals surface area contributed by atoms with Crippen molar-refractivity contribution >= 4 is 29.4 Å². The first-order chi connectivity index (χ1) is 10.5. The number of hydrogen-bond acceptors (Lipinski definition) is 5. The molecule has 6 nitrogen and oxygen atoms in total. The molecule has 0 unspecified atom stereocenters. The normalized spacial score (nSPS) is 30.6. The molecule has 2 aliphatic rings.